The summed E-state index contributed by atoms with van der Waals surface area (Å²) in [7, 11) is 0.794. The number of alkyl halides is 3. The number of hydrogen-bond acceptors (Lipinski definition) is 6. The van der Waals surface area contributed by atoms with Crippen molar-refractivity contribution in [3.8, 4) is 5.69 Å². The maximum absolute atomic E-state index is 14.4. The molecule has 0 aliphatic heterocycles. The molecule has 1 unspecified atom stereocenters. The van der Waals surface area contributed by atoms with Crippen molar-refractivity contribution in [2.24, 2.45) is 12.2 Å². The Hall–Kier alpha value is -3.15. The van der Waals surface area contributed by atoms with Crippen LogP contribution in [0.5, 0.6) is 0 Å². The van der Waals surface area contributed by atoms with E-state index >= 15 is 0 Å². The number of esters is 1. The van der Waals surface area contributed by atoms with Gasteiger partial charge in [-0.3, -0.25) is 9.36 Å². The van der Waals surface area contributed by atoms with Crippen molar-refractivity contribution in [3.63, 3.8) is 0 Å². The summed E-state index contributed by atoms with van der Waals surface area (Å²) >= 11 is 5.91. The molecule has 0 fully saturated rings. The first-order valence-electron chi connectivity index (χ1n) is 8.64. The van der Waals surface area contributed by atoms with E-state index in [-0.39, 0.29) is 32.4 Å². The number of halogens is 5. The number of hydrogen-bond donors (Lipinski definition) is 0. The van der Waals surface area contributed by atoms with E-state index in [1.165, 1.54) is 6.92 Å². The fourth-order valence-corrected chi connectivity index (χ4v) is 2.62. The van der Waals surface area contributed by atoms with Crippen LogP contribution < -0.4 is 11.2 Å². The number of benzene rings is 1. The molecule has 0 saturated carbocycles. The second kappa shape index (κ2) is 9.33. The van der Waals surface area contributed by atoms with Crippen LogP contribution in [0, 0.1) is 5.82 Å². The highest BCUT2D eigenvalue weighted by Crippen LogP contribution is 2.27. The van der Waals surface area contributed by atoms with Crippen LogP contribution in [-0.2, 0) is 27.6 Å². The Morgan fingerprint density at radius 1 is 1.29 bits per heavy atom. The molecule has 1 aromatic heterocycles. The maximum Gasteiger partial charge on any atom is 0.431 e. The van der Waals surface area contributed by atoms with Gasteiger partial charge in [-0.05, 0) is 26.0 Å². The van der Waals surface area contributed by atoms with Gasteiger partial charge in [0.2, 0.25) is 6.10 Å². The summed E-state index contributed by atoms with van der Waals surface area (Å²) in [6.07, 6.45) is -5.06. The van der Waals surface area contributed by atoms with Gasteiger partial charge in [0, 0.05) is 18.7 Å². The summed E-state index contributed by atoms with van der Waals surface area (Å²) in [5, 5.41) is 3.33. The van der Waals surface area contributed by atoms with Gasteiger partial charge >= 0.3 is 17.8 Å². The Kier molecular flexibility index (Phi) is 7.26. The van der Waals surface area contributed by atoms with Gasteiger partial charge in [0.15, 0.2) is 0 Å². The lowest BCUT2D eigenvalue weighted by molar-refractivity contribution is -0.155. The summed E-state index contributed by atoms with van der Waals surface area (Å²) in [5.41, 5.74) is -4.99. The summed E-state index contributed by atoms with van der Waals surface area (Å²) in [6.45, 7) is 3.08. The largest absolute Gasteiger partial charge is 0.463 e. The lowest BCUT2D eigenvalue weighted by Crippen LogP contribution is -2.41. The van der Waals surface area contributed by atoms with Crippen molar-refractivity contribution in [2.45, 2.75) is 26.1 Å². The van der Waals surface area contributed by atoms with E-state index in [1.807, 2.05) is 0 Å². The normalized spacial score (nSPS) is 12.8. The van der Waals surface area contributed by atoms with Crippen molar-refractivity contribution in [1.82, 2.24) is 9.13 Å². The first-order chi connectivity index (χ1) is 14.4. The van der Waals surface area contributed by atoms with E-state index in [4.69, 9.17) is 21.2 Å². The highest BCUT2D eigenvalue weighted by atomic mass is 35.5. The van der Waals surface area contributed by atoms with E-state index < -0.39 is 46.7 Å². The maximum atomic E-state index is 14.4. The minimum atomic E-state index is -4.96. The molecule has 2 rings (SSSR count). The molecule has 168 valence electrons. The van der Waals surface area contributed by atoms with Gasteiger partial charge in [-0.15, -0.1) is 0 Å². The average molecular weight is 466 g/mol. The number of ether oxygens (including phenoxy) is 1. The van der Waals surface area contributed by atoms with Crippen LogP contribution in [0.4, 0.5) is 17.6 Å². The molecule has 0 spiro atoms. The van der Waals surface area contributed by atoms with Crippen molar-refractivity contribution in [1.29, 1.82) is 0 Å². The van der Waals surface area contributed by atoms with E-state index in [1.54, 1.807) is 6.92 Å². The molecule has 0 radical (unpaired) electrons. The monoisotopic (exact) mass is 465 g/mol. The van der Waals surface area contributed by atoms with Crippen LogP contribution in [-0.4, -0.2) is 34.0 Å². The highest BCUT2D eigenvalue weighted by Gasteiger charge is 2.35. The smallest absolute Gasteiger partial charge is 0.431 e. The number of oxime groups is 1. The van der Waals surface area contributed by atoms with Crippen LogP contribution in [0.2, 0.25) is 5.02 Å². The quantitative estimate of drug-likeness (QED) is 0.283. The van der Waals surface area contributed by atoms with Gasteiger partial charge < -0.3 is 9.57 Å². The van der Waals surface area contributed by atoms with Crippen molar-refractivity contribution < 1.29 is 31.9 Å². The molecule has 0 N–H and O–H groups in total. The molecule has 8 nitrogen and oxygen atoms in total. The molecule has 2 aromatic rings. The summed E-state index contributed by atoms with van der Waals surface area (Å²) < 4.78 is 58.5. The molecular formula is C18H16ClF4N3O5. The Bertz CT molecular complexity index is 1140. The molecule has 31 heavy (non-hydrogen) atoms. The van der Waals surface area contributed by atoms with Gasteiger partial charge in [-0.25, -0.2) is 18.5 Å². The third-order valence-electron chi connectivity index (χ3n) is 3.95. The molecule has 0 bridgehead atoms. The van der Waals surface area contributed by atoms with Gasteiger partial charge in [-0.2, -0.15) is 13.2 Å². The molecule has 1 heterocycles. The minimum Gasteiger partial charge on any atom is -0.463 e. The standard InChI is InChI=1S/C18H16ClF4N3O5/c1-4-30-16(28)9(2)31-24-8-10-5-13(12(20)6-11(10)19)26-15(27)7-14(18(21,22)23)25(3)17(26)29/h5-9H,4H2,1-3H3/b24-8+. The predicted molar refractivity (Wildman–Crippen MR) is 102 cm³/mol. The molecule has 1 aromatic carbocycles. The van der Waals surface area contributed by atoms with Gasteiger partial charge in [-0.1, -0.05) is 16.8 Å². The summed E-state index contributed by atoms with van der Waals surface area (Å²) in [5.74, 6) is -1.83. The van der Waals surface area contributed by atoms with E-state index in [0.717, 1.165) is 25.4 Å². The van der Waals surface area contributed by atoms with Crippen molar-refractivity contribution >= 4 is 23.8 Å². The number of carbonyl (C=O) groups is 1. The van der Waals surface area contributed by atoms with Crippen molar-refractivity contribution in [3.05, 3.63) is 61.1 Å². The fraction of sp³-hybridized carbons (Fsp3) is 0.333. The third kappa shape index (κ3) is 5.32. The second-order valence-electron chi connectivity index (χ2n) is 6.10. The zero-order valence-corrected chi connectivity index (χ0v) is 17.1. The average Bonchev–Trinajstić information content (AvgIpc) is 2.66. The Morgan fingerprint density at radius 3 is 2.52 bits per heavy atom. The number of rotatable bonds is 6. The number of nitrogens with zero attached hydrogens (tertiary/aromatic N) is 3. The highest BCUT2D eigenvalue weighted by molar-refractivity contribution is 6.33. The molecular weight excluding hydrogens is 450 g/mol. The Labute approximate surface area is 177 Å². The van der Waals surface area contributed by atoms with Gasteiger partial charge in [0.05, 0.1) is 23.5 Å². The zero-order chi connectivity index (χ0) is 23.5. The van der Waals surface area contributed by atoms with Crippen molar-refractivity contribution in [2.75, 3.05) is 6.61 Å². The topological polar surface area (TPSA) is 91.9 Å². The van der Waals surface area contributed by atoms with Gasteiger partial charge in [0.25, 0.3) is 5.56 Å². The van der Waals surface area contributed by atoms with Crippen LogP contribution >= 0.6 is 11.6 Å². The SMILES string of the molecule is CCOC(=O)C(C)O/N=C/c1cc(-n2c(=O)cc(C(F)(F)F)n(C)c2=O)c(F)cc1Cl. The van der Waals surface area contributed by atoms with Gasteiger partial charge in [0.1, 0.15) is 11.5 Å². The van der Waals surface area contributed by atoms with Crippen LogP contribution in [0.3, 0.4) is 0 Å². The summed E-state index contributed by atoms with van der Waals surface area (Å²) in [4.78, 5) is 40.9. The fourth-order valence-electron chi connectivity index (χ4n) is 2.42. The third-order valence-corrected chi connectivity index (χ3v) is 4.27. The van der Waals surface area contributed by atoms with E-state index in [0.29, 0.717) is 0 Å². The van der Waals surface area contributed by atoms with Crippen LogP contribution in [0.1, 0.15) is 25.1 Å². The van der Waals surface area contributed by atoms with E-state index in [2.05, 4.69) is 5.16 Å². The Balaban J connectivity index is 2.50. The minimum absolute atomic E-state index is 0.0389. The molecule has 0 aliphatic carbocycles. The van der Waals surface area contributed by atoms with Crippen LogP contribution in [0.15, 0.2) is 32.9 Å². The first kappa shape index (κ1) is 24.1. The molecule has 0 aliphatic rings. The number of carbonyl (C=O) groups excluding carboxylic acids is 1. The number of aromatic nitrogens is 2. The second-order valence-corrected chi connectivity index (χ2v) is 6.51. The zero-order valence-electron chi connectivity index (χ0n) is 16.4. The first-order valence-corrected chi connectivity index (χ1v) is 9.01. The van der Waals surface area contributed by atoms with E-state index in [9.17, 15) is 31.9 Å². The molecule has 0 amide bonds. The molecule has 13 heteroatoms. The van der Waals surface area contributed by atoms with Crippen LogP contribution in [0.25, 0.3) is 5.69 Å². The molecule has 0 saturated heterocycles. The summed E-state index contributed by atoms with van der Waals surface area (Å²) in [6, 6.07) is 1.85. The lowest BCUT2D eigenvalue weighted by atomic mass is 10.2. The predicted octanol–water partition coefficient (Wildman–Crippen LogP) is 2.65. The Morgan fingerprint density at radius 2 is 1.94 bits per heavy atom. The molecule has 1 atom stereocenters. The lowest BCUT2D eigenvalue weighted by Gasteiger charge is -2.14.